The number of amides is 1. The van der Waals surface area contributed by atoms with E-state index in [9.17, 15) is 9.90 Å². The molecule has 0 bridgehead atoms. The quantitative estimate of drug-likeness (QED) is 0.396. The summed E-state index contributed by atoms with van der Waals surface area (Å²) in [5.41, 5.74) is 4.27. The van der Waals surface area contributed by atoms with Crippen LogP contribution in [0.1, 0.15) is 5.56 Å². The molecular formula is C21H17N3O3. The normalized spacial score (nSPS) is 10.9. The Hall–Kier alpha value is -3.64. The molecule has 1 heterocycles. The first-order valence-electron chi connectivity index (χ1n) is 8.43. The van der Waals surface area contributed by atoms with Gasteiger partial charge < -0.3 is 15.5 Å². The van der Waals surface area contributed by atoms with Crippen LogP contribution in [-0.4, -0.2) is 21.3 Å². The Morgan fingerprint density at radius 3 is 2.07 bits per heavy atom. The van der Waals surface area contributed by atoms with Gasteiger partial charge >= 0.3 is 6.09 Å². The van der Waals surface area contributed by atoms with Gasteiger partial charge in [0.05, 0.1) is 23.3 Å². The number of aliphatic hydroxyl groups is 1. The topological polar surface area (TPSA) is 94.5 Å². The molecule has 0 saturated heterocycles. The Balaban J connectivity index is 1.88. The van der Waals surface area contributed by atoms with E-state index in [0.717, 1.165) is 27.5 Å². The van der Waals surface area contributed by atoms with Crippen molar-refractivity contribution in [1.82, 2.24) is 4.98 Å². The minimum atomic E-state index is -1.16. The van der Waals surface area contributed by atoms with Crippen LogP contribution in [-0.2, 0) is 6.61 Å². The molecule has 1 aromatic heterocycles. The van der Waals surface area contributed by atoms with E-state index < -0.39 is 6.09 Å². The van der Waals surface area contributed by atoms with Crippen LogP contribution in [0.25, 0.3) is 21.8 Å². The Morgan fingerprint density at radius 1 is 0.889 bits per heavy atom. The number of aliphatic hydroxyl groups excluding tert-OH is 1. The van der Waals surface area contributed by atoms with E-state index in [1.165, 1.54) is 0 Å². The van der Waals surface area contributed by atoms with Gasteiger partial charge in [0, 0.05) is 22.1 Å². The van der Waals surface area contributed by atoms with E-state index >= 15 is 0 Å². The first-order valence-corrected chi connectivity index (χ1v) is 8.43. The highest BCUT2D eigenvalue weighted by Crippen LogP contribution is 2.34. The number of rotatable bonds is 4. The Kier molecular flexibility index (Phi) is 4.32. The van der Waals surface area contributed by atoms with Gasteiger partial charge in [0.2, 0.25) is 0 Å². The Labute approximate surface area is 155 Å². The monoisotopic (exact) mass is 359 g/mol. The summed E-state index contributed by atoms with van der Waals surface area (Å²) in [5, 5.41) is 26.1. The number of carboxylic acid groups (broad SMARTS) is 1. The molecule has 3 aromatic carbocycles. The highest BCUT2D eigenvalue weighted by molar-refractivity contribution is 6.08. The fourth-order valence-corrected chi connectivity index (χ4v) is 3.17. The third-order valence-corrected chi connectivity index (χ3v) is 4.28. The summed E-state index contributed by atoms with van der Waals surface area (Å²) in [6.45, 7) is -0.193. The molecule has 0 radical (unpaired) electrons. The molecule has 0 unspecified atom stereocenters. The number of para-hydroxylation sites is 2. The lowest BCUT2D eigenvalue weighted by Gasteiger charge is -2.15. The lowest BCUT2D eigenvalue weighted by atomic mass is 10.1. The van der Waals surface area contributed by atoms with Gasteiger partial charge in [-0.25, -0.2) is 9.78 Å². The van der Waals surface area contributed by atoms with Crippen molar-refractivity contribution in [2.75, 3.05) is 10.6 Å². The average molecular weight is 359 g/mol. The number of anilines is 3. The Morgan fingerprint density at radius 2 is 1.48 bits per heavy atom. The minimum Gasteiger partial charge on any atom is -0.465 e. The van der Waals surface area contributed by atoms with Crippen molar-refractivity contribution < 1.29 is 15.0 Å². The summed E-state index contributed by atoms with van der Waals surface area (Å²) < 4.78 is 0. The second kappa shape index (κ2) is 6.93. The maximum Gasteiger partial charge on any atom is 0.409 e. The van der Waals surface area contributed by atoms with Crippen LogP contribution >= 0.6 is 0 Å². The molecule has 0 aliphatic carbocycles. The molecule has 4 aromatic rings. The van der Waals surface area contributed by atoms with Gasteiger partial charge in [-0.2, -0.15) is 0 Å². The van der Waals surface area contributed by atoms with E-state index in [1.807, 2.05) is 48.5 Å². The molecule has 1 amide bonds. The molecule has 0 fully saturated rings. The largest absolute Gasteiger partial charge is 0.465 e. The lowest BCUT2D eigenvalue weighted by Crippen LogP contribution is -2.08. The van der Waals surface area contributed by atoms with Crippen molar-refractivity contribution in [3.05, 3.63) is 72.3 Å². The van der Waals surface area contributed by atoms with Crippen molar-refractivity contribution in [3.8, 4) is 0 Å². The zero-order chi connectivity index (χ0) is 18.8. The number of aromatic nitrogens is 1. The zero-order valence-electron chi connectivity index (χ0n) is 14.3. The average Bonchev–Trinajstić information content (AvgIpc) is 2.67. The lowest BCUT2D eigenvalue weighted by molar-refractivity contribution is 0.209. The molecule has 0 saturated carbocycles. The van der Waals surface area contributed by atoms with Crippen molar-refractivity contribution in [2.45, 2.75) is 6.61 Å². The third-order valence-electron chi connectivity index (χ3n) is 4.28. The second-order valence-electron chi connectivity index (χ2n) is 6.15. The first-order chi connectivity index (χ1) is 13.1. The SMILES string of the molecule is O=C(O)Nc1cc(CO)cc(Nc2c3ccccc3nc3ccccc23)c1. The van der Waals surface area contributed by atoms with Crippen LogP contribution in [0.4, 0.5) is 21.9 Å². The molecule has 6 heteroatoms. The van der Waals surface area contributed by atoms with Gasteiger partial charge in [0.25, 0.3) is 0 Å². The highest BCUT2D eigenvalue weighted by atomic mass is 16.4. The maximum absolute atomic E-state index is 11.0. The standard InChI is InChI=1S/C21H17N3O3/c25-12-13-9-14(11-15(10-13)23-21(26)27)22-20-16-5-1-3-7-18(16)24-19-8-4-2-6-17(19)20/h1-11,23,25H,12H2,(H,22,24)(H,26,27). The van der Waals surface area contributed by atoms with E-state index in [1.54, 1.807) is 18.2 Å². The number of hydrogen-bond donors (Lipinski definition) is 4. The summed E-state index contributed by atoms with van der Waals surface area (Å²) in [7, 11) is 0. The van der Waals surface area contributed by atoms with Crippen LogP contribution in [0, 0.1) is 0 Å². The van der Waals surface area contributed by atoms with Gasteiger partial charge in [0.1, 0.15) is 0 Å². The molecule has 6 nitrogen and oxygen atoms in total. The van der Waals surface area contributed by atoms with Crippen molar-refractivity contribution >= 4 is 45.0 Å². The molecule has 4 N–H and O–H groups in total. The second-order valence-corrected chi connectivity index (χ2v) is 6.15. The number of carbonyl (C=O) groups is 1. The van der Waals surface area contributed by atoms with Gasteiger partial charge in [-0.3, -0.25) is 5.32 Å². The number of pyridine rings is 1. The van der Waals surface area contributed by atoms with E-state index in [-0.39, 0.29) is 6.61 Å². The van der Waals surface area contributed by atoms with E-state index in [2.05, 4.69) is 10.6 Å². The molecular weight excluding hydrogens is 342 g/mol. The highest BCUT2D eigenvalue weighted by Gasteiger charge is 2.10. The van der Waals surface area contributed by atoms with Gasteiger partial charge in [-0.1, -0.05) is 36.4 Å². The fourth-order valence-electron chi connectivity index (χ4n) is 3.17. The van der Waals surface area contributed by atoms with Gasteiger partial charge in [-0.15, -0.1) is 0 Å². The van der Waals surface area contributed by atoms with Crippen LogP contribution in [0.15, 0.2) is 66.7 Å². The summed E-state index contributed by atoms with van der Waals surface area (Å²) in [6.07, 6.45) is -1.16. The maximum atomic E-state index is 11.0. The van der Waals surface area contributed by atoms with E-state index in [4.69, 9.17) is 10.1 Å². The van der Waals surface area contributed by atoms with Crippen LogP contribution in [0.3, 0.4) is 0 Å². The molecule has 0 spiro atoms. The predicted octanol–water partition coefficient (Wildman–Crippen LogP) is 4.71. The molecule has 0 atom stereocenters. The van der Waals surface area contributed by atoms with Crippen molar-refractivity contribution in [3.63, 3.8) is 0 Å². The van der Waals surface area contributed by atoms with Crippen LogP contribution in [0.2, 0.25) is 0 Å². The zero-order valence-corrected chi connectivity index (χ0v) is 14.3. The number of benzene rings is 3. The molecule has 134 valence electrons. The van der Waals surface area contributed by atoms with Crippen LogP contribution < -0.4 is 10.6 Å². The summed E-state index contributed by atoms with van der Waals surface area (Å²) in [5.74, 6) is 0. The third kappa shape index (κ3) is 3.38. The smallest absolute Gasteiger partial charge is 0.409 e. The van der Waals surface area contributed by atoms with Crippen molar-refractivity contribution in [2.24, 2.45) is 0 Å². The number of hydrogen-bond acceptors (Lipinski definition) is 4. The van der Waals surface area contributed by atoms with E-state index in [0.29, 0.717) is 16.9 Å². The summed E-state index contributed by atoms with van der Waals surface area (Å²) in [4.78, 5) is 15.7. The first kappa shape index (κ1) is 16.8. The molecule has 0 aliphatic heterocycles. The predicted molar refractivity (Wildman–Crippen MR) is 107 cm³/mol. The van der Waals surface area contributed by atoms with Gasteiger partial charge in [0.15, 0.2) is 0 Å². The number of nitrogens with zero attached hydrogens (tertiary/aromatic N) is 1. The van der Waals surface area contributed by atoms with Crippen LogP contribution in [0.5, 0.6) is 0 Å². The molecule has 4 rings (SSSR count). The summed E-state index contributed by atoms with van der Waals surface area (Å²) >= 11 is 0. The fraction of sp³-hybridized carbons (Fsp3) is 0.0476. The molecule has 0 aliphatic rings. The number of fused-ring (bicyclic) bond motifs is 2. The minimum absolute atomic E-state index is 0.193. The van der Waals surface area contributed by atoms with Crippen molar-refractivity contribution in [1.29, 1.82) is 0 Å². The Bertz CT molecular complexity index is 1100. The summed E-state index contributed by atoms with van der Waals surface area (Å²) in [6, 6.07) is 20.7. The number of nitrogens with one attached hydrogen (secondary N) is 2. The van der Waals surface area contributed by atoms with Gasteiger partial charge in [-0.05, 0) is 35.9 Å². The molecule has 27 heavy (non-hydrogen) atoms.